The minimum atomic E-state index is -1.43. The Balaban J connectivity index is 2.09. The van der Waals surface area contributed by atoms with Gasteiger partial charge in [0.25, 0.3) is 0 Å². The normalized spacial score (nSPS) is 40.6. The number of rotatable bonds is 1. The molecule has 2 saturated carbocycles. The summed E-state index contributed by atoms with van der Waals surface area (Å²) >= 11 is 0. The first-order valence-corrected chi connectivity index (χ1v) is 6.11. The molecule has 2 bridgehead atoms. The van der Waals surface area contributed by atoms with Crippen LogP contribution in [-0.4, -0.2) is 22.6 Å². The van der Waals surface area contributed by atoms with Crippen molar-refractivity contribution in [1.29, 1.82) is 0 Å². The second-order valence-corrected chi connectivity index (χ2v) is 5.52. The second kappa shape index (κ2) is 3.40. The minimum absolute atomic E-state index is 0.0502. The summed E-state index contributed by atoms with van der Waals surface area (Å²) in [5.74, 6) is -4.48. The maximum atomic E-state index is 12.1. The summed E-state index contributed by atoms with van der Waals surface area (Å²) in [4.78, 5) is 35.3. The van der Waals surface area contributed by atoms with Gasteiger partial charge in [-0.2, -0.15) is 0 Å². The lowest BCUT2D eigenvalue weighted by Gasteiger charge is -2.15. The Morgan fingerprint density at radius 3 is 1.83 bits per heavy atom. The summed E-state index contributed by atoms with van der Waals surface area (Å²) in [6.07, 6.45) is 3.92. The van der Waals surface area contributed by atoms with E-state index in [9.17, 15) is 14.4 Å². The maximum absolute atomic E-state index is 12.1. The van der Waals surface area contributed by atoms with Gasteiger partial charge in [-0.1, -0.05) is 23.3 Å². The summed E-state index contributed by atoms with van der Waals surface area (Å²) in [5, 5.41) is 9.00. The van der Waals surface area contributed by atoms with Crippen LogP contribution in [0.5, 0.6) is 0 Å². The number of hydrogen-bond donors (Lipinski definition) is 1. The highest BCUT2D eigenvalue weighted by Crippen LogP contribution is 2.57. The van der Waals surface area contributed by atoms with Crippen LogP contribution in [0, 0.1) is 29.6 Å². The summed E-state index contributed by atoms with van der Waals surface area (Å²) in [6, 6.07) is 0. The fraction of sp³-hybridized carbons (Fsp3) is 0.500. The number of fused-ring (bicyclic) bond motifs is 5. The smallest absolute Gasteiger partial charge is 0.321 e. The number of allylic oxidation sites excluding steroid dienone is 4. The molecule has 1 N–H and O–H groups in total. The Kier molecular flexibility index (Phi) is 2.15. The molecule has 4 unspecified atom stereocenters. The predicted octanol–water partition coefficient (Wildman–Crippen LogP) is 1.22. The van der Waals surface area contributed by atoms with Gasteiger partial charge in [-0.05, 0) is 13.8 Å². The number of hydrogen-bond acceptors (Lipinski definition) is 3. The van der Waals surface area contributed by atoms with Crippen LogP contribution in [0.2, 0.25) is 0 Å². The van der Waals surface area contributed by atoms with Crippen molar-refractivity contribution < 1.29 is 19.5 Å². The molecule has 3 aliphatic rings. The first-order chi connectivity index (χ1) is 8.45. The lowest BCUT2D eigenvalue weighted by atomic mass is 9.85. The van der Waals surface area contributed by atoms with Crippen LogP contribution < -0.4 is 0 Å². The third kappa shape index (κ3) is 1.13. The van der Waals surface area contributed by atoms with E-state index in [0.717, 1.165) is 11.1 Å². The van der Waals surface area contributed by atoms with Crippen molar-refractivity contribution in [2.45, 2.75) is 13.8 Å². The van der Waals surface area contributed by atoms with Crippen LogP contribution in [0.25, 0.3) is 0 Å². The third-order valence-corrected chi connectivity index (χ3v) is 4.46. The van der Waals surface area contributed by atoms with Gasteiger partial charge in [0, 0.05) is 23.7 Å². The Morgan fingerprint density at radius 1 is 1.06 bits per heavy atom. The van der Waals surface area contributed by atoms with E-state index in [1.165, 1.54) is 0 Å². The maximum Gasteiger partial charge on any atom is 0.321 e. The molecule has 0 aromatic rings. The number of carbonyl (C=O) groups excluding carboxylic acids is 2. The Morgan fingerprint density at radius 2 is 1.50 bits per heavy atom. The molecule has 18 heavy (non-hydrogen) atoms. The van der Waals surface area contributed by atoms with Gasteiger partial charge in [0.2, 0.25) is 0 Å². The highest BCUT2D eigenvalue weighted by atomic mass is 16.4. The zero-order valence-corrected chi connectivity index (χ0v) is 10.2. The monoisotopic (exact) mass is 246 g/mol. The molecule has 0 spiro atoms. The number of Topliss-reactive ketones (excluding diaryl/α,β-unsaturated/α-hetero) is 2. The molecule has 0 amide bonds. The molecule has 0 aromatic heterocycles. The molecule has 3 rings (SSSR count). The van der Waals surface area contributed by atoms with E-state index in [2.05, 4.69) is 0 Å². The third-order valence-electron chi connectivity index (χ3n) is 4.46. The molecule has 4 atom stereocenters. The van der Waals surface area contributed by atoms with Crippen molar-refractivity contribution in [3.05, 3.63) is 23.3 Å². The van der Waals surface area contributed by atoms with Crippen molar-refractivity contribution >= 4 is 17.5 Å². The van der Waals surface area contributed by atoms with Crippen molar-refractivity contribution in [1.82, 2.24) is 0 Å². The molecule has 2 fully saturated rings. The molecule has 0 aliphatic heterocycles. The molecule has 0 heterocycles. The molecule has 0 saturated heterocycles. The Bertz CT molecular complexity index is 502. The van der Waals surface area contributed by atoms with Crippen molar-refractivity contribution in [2.75, 3.05) is 0 Å². The van der Waals surface area contributed by atoms with E-state index in [0.29, 0.717) is 0 Å². The van der Waals surface area contributed by atoms with Gasteiger partial charge in [0.15, 0.2) is 17.5 Å². The topological polar surface area (TPSA) is 71.4 Å². The van der Waals surface area contributed by atoms with Crippen molar-refractivity contribution in [3.63, 3.8) is 0 Å². The number of carboxylic acid groups (broad SMARTS) is 1. The van der Waals surface area contributed by atoms with E-state index < -0.39 is 35.3 Å². The summed E-state index contributed by atoms with van der Waals surface area (Å²) in [7, 11) is 0. The van der Waals surface area contributed by atoms with Gasteiger partial charge in [-0.3, -0.25) is 14.4 Å². The lowest BCUT2D eigenvalue weighted by molar-refractivity contribution is -0.148. The fourth-order valence-electron chi connectivity index (χ4n) is 3.89. The lowest BCUT2D eigenvalue weighted by Crippen LogP contribution is -2.28. The SMILES string of the molecule is CC(C)=C1C2C=CC1C1C(=O)C(C(=O)O)C(=O)C21. The van der Waals surface area contributed by atoms with Crippen LogP contribution in [0.15, 0.2) is 23.3 Å². The van der Waals surface area contributed by atoms with Crippen LogP contribution in [0.3, 0.4) is 0 Å². The summed E-state index contributed by atoms with van der Waals surface area (Å²) < 4.78 is 0. The standard InChI is InChI=1S/C14H14O4/c1-5(2)8-6-3-4-7(8)10-9(6)12(15)11(13(10)16)14(17)18/h3-4,6-7,9-11H,1-2H3,(H,17,18). The number of aliphatic carboxylic acids is 1. The quantitative estimate of drug-likeness (QED) is 0.558. The number of ketones is 2. The zero-order chi connectivity index (χ0) is 13.2. The second-order valence-electron chi connectivity index (χ2n) is 5.52. The molecule has 4 heteroatoms. The number of carboxylic acids is 1. The van der Waals surface area contributed by atoms with E-state index in [-0.39, 0.29) is 11.8 Å². The molecule has 4 nitrogen and oxygen atoms in total. The van der Waals surface area contributed by atoms with Gasteiger partial charge >= 0.3 is 5.97 Å². The van der Waals surface area contributed by atoms with Crippen LogP contribution in [0.1, 0.15) is 13.8 Å². The van der Waals surface area contributed by atoms with Crippen LogP contribution >= 0.6 is 0 Å². The first-order valence-electron chi connectivity index (χ1n) is 6.11. The van der Waals surface area contributed by atoms with Gasteiger partial charge in [-0.25, -0.2) is 0 Å². The molecule has 3 aliphatic carbocycles. The van der Waals surface area contributed by atoms with Crippen molar-refractivity contribution in [3.8, 4) is 0 Å². The highest BCUT2D eigenvalue weighted by Gasteiger charge is 2.63. The van der Waals surface area contributed by atoms with Crippen molar-refractivity contribution in [2.24, 2.45) is 29.6 Å². The van der Waals surface area contributed by atoms with Gasteiger partial charge in [0.1, 0.15) is 0 Å². The van der Waals surface area contributed by atoms with Gasteiger partial charge in [0.05, 0.1) is 0 Å². The van der Waals surface area contributed by atoms with Gasteiger partial charge < -0.3 is 5.11 Å². The van der Waals surface area contributed by atoms with E-state index in [1.54, 1.807) is 0 Å². The number of carbonyl (C=O) groups is 3. The Hall–Kier alpha value is -1.71. The predicted molar refractivity (Wildman–Crippen MR) is 62.6 cm³/mol. The fourth-order valence-corrected chi connectivity index (χ4v) is 3.89. The molecular weight excluding hydrogens is 232 g/mol. The largest absolute Gasteiger partial charge is 0.480 e. The highest BCUT2D eigenvalue weighted by molar-refractivity contribution is 6.24. The molecule has 0 aromatic carbocycles. The molecule has 94 valence electrons. The minimum Gasteiger partial charge on any atom is -0.480 e. The van der Waals surface area contributed by atoms with E-state index >= 15 is 0 Å². The van der Waals surface area contributed by atoms with Gasteiger partial charge in [-0.15, -0.1) is 0 Å². The van der Waals surface area contributed by atoms with E-state index in [1.807, 2.05) is 26.0 Å². The van der Waals surface area contributed by atoms with Crippen LogP contribution in [-0.2, 0) is 14.4 Å². The Labute approximate surface area is 104 Å². The zero-order valence-electron chi connectivity index (χ0n) is 10.2. The molecule has 0 radical (unpaired) electrons. The van der Waals surface area contributed by atoms with E-state index in [4.69, 9.17) is 5.11 Å². The average Bonchev–Trinajstić information content (AvgIpc) is 2.88. The summed E-state index contributed by atoms with van der Waals surface area (Å²) in [5.41, 5.74) is 2.28. The van der Waals surface area contributed by atoms with Crippen LogP contribution in [0.4, 0.5) is 0 Å². The average molecular weight is 246 g/mol. The molecular formula is C14H14O4. The summed E-state index contributed by atoms with van der Waals surface area (Å²) in [6.45, 7) is 3.96. The first kappa shape index (κ1) is 11.4.